The SMILES string of the molecule is CN=C(NCCCc1ccccc1Cl)N1CCC2(CCOC2)C1. The highest BCUT2D eigenvalue weighted by atomic mass is 35.5. The molecule has 1 aromatic rings. The molecule has 1 atom stereocenters. The number of hydrogen-bond acceptors (Lipinski definition) is 2. The van der Waals surface area contributed by atoms with Gasteiger partial charge < -0.3 is 15.0 Å². The average molecular weight is 336 g/mol. The van der Waals surface area contributed by atoms with Gasteiger partial charge in [0.25, 0.3) is 0 Å². The summed E-state index contributed by atoms with van der Waals surface area (Å²) in [6.07, 6.45) is 4.44. The summed E-state index contributed by atoms with van der Waals surface area (Å²) in [5, 5.41) is 4.36. The molecule has 2 aliphatic rings. The minimum atomic E-state index is 0.370. The van der Waals surface area contributed by atoms with E-state index in [9.17, 15) is 0 Å². The van der Waals surface area contributed by atoms with E-state index < -0.39 is 0 Å². The van der Waals surface area contributed by atoms with Crippen LogP contribution < -0.4 is 5.32 Å². The summed E-state index contributed by atoms with van der Waals surface area (Å²) >= 11 is 6.20. The van der Waals surface area contributed by atoms with Gasteiger partial charge in [0.1, 0.15) is 0 Å². The lowest BCUT2D eigenvalue weighted by molar-refractivity contribution is 0.156. The Morgan fingerprint density at radius 3 is 3.00 bits per heavy atom. The van der Waals surface area contributed by atoms with Crippen LogP contribution in [0.4, 0.5) is 0 Å². The van der Waals surface area contributed by atoms with E-state index in [1.165, 1.54) is 18.4 Å². The van der Waals surface area contributed by atoms with Crippen molar-refractivity contribution in [2.24, 2.45) is 10.4 Å². The smallest absolute Gasteiger partial charge is 0.193 e. The number of nitrogens with zero attached hydrogens (tertiary/aromatic N) is 2. The Hall–Kier alpha value is -1.26. The Labute approximate surface area is 143 Å². The highest BCUT2D eigenvalue weighted by Crippen LogP contribution is 2.38. The summed E-state index contributed by atoms with van der Waals surface area (Å²) in [4.78, 5) is 6.83. The molecule has 4 nitrogen and oxygen atoms in total. The van der Waals surface area contributed by atoms with E-state index in [4.69, 9.17) is 16.3 Å². The fourth-order valence-corrected chi connectivity index (χ4v) is 3.83. The number of aliphatic imine (C=N–C) groups is 1. The molecule has 2 heterocycles. The lowest BCUT2D eigenvalue weighted by Gasteiger charge is -2.25. The van der Waals surface area contributed by atoms with Gasteiger partial charge in [-0.25, -0.2) is 0 Å². The fourth-order valence-electron chi connectivity index (χ4n) is 3.60. The number of likely N-dealkylation sites (tertiary alicyclic amines) is 1. The third kappa shape index (κ3) is 3.99. The van der Waals surface area contributed by atoms with E-state index in [1.807, 2.05) is 25.2 Å². The van der Waals surface area contributed by atoms with Crippen molar-refractivity contribution in [2.75, 3.05) is 39.9 Å². The zero-order valence-corrected chi connectivity index (χ0v) is 14.6. The molecule has 3 rings (SSSR count). The second-order valence-electron chi connectivity index (χ2n) is 6.64. The Morgan fingerprint density at radius 2 is 2.26 bits per heavy atom. The van der Waals surface area contributed by atoms with E-state index in [0.717, 1.165) is 56.7 Å². The van der Waals surface area contributed by atoms with Crippen molar-refractivity contribution in [1.82, 2.24) is 10.2 Å². The Kier molecular flexibility index (Phi) is 5.44. The van der Waals surface area contributed by atoms with Crippen LogP contribution in [0.5, 0.6) is 0 Å². The summed E-state index contributed by atoms with van der Waals surface area (Å²) in [7, 11) is 1.87. The van der Waals surface area contributed by atoms with Crippen molar-refractivity contribution in [3.05, 3.63) is 34.9 Å². The highest BCUT2D eigenvalue weighted by molar-refractivity contribution is 6.31. The molecule has 0 aliphatic carbocycles. The van der Waals surface area contributed by atoms with Crippen molar-refractivity contribution in [3.8, 4) is 0 Å². The first-order valence-corrected chi connectivity index (χ1v) is 8.87. The minimum Gasteiger partial charge on any atom is -0.381 e. The molecule has 0 saturated carbocycles. The number of benzene rings is 1. The molecule has 0 aromatic heterocycles. The van der Waals surface area contributed by atoms with Gasteiger partial charge in [-0.15, -0.1) is 0 Å². The second kappa shape index (κ2) is 7.54. The van der Waals surface area contributed by atoms with Crippen molar-refractivity contribution in [3.63, 3.8) is 0 Å². The Bertz CT molecular complexity index is 555. The number of halogens is 1. The molecule has 0 radical (unpaired) electrons. The first-order valence-electron chi connectivity index (χ1n) is 8.49. The van der Waals surface area contributed by atoms with Crippen molar-refractivity contribution in [2.45, 2.75) is 25.7 Å². The van der Waals surface area contributed by atoms with Crippen LogP contribution in [0.1, 0.15) is 24.8 Å². The van der Waals surface area contributed by atoms with Crippen LogP contribution in [0.3, 0.4) is 0 Å². The van der Waals surface area contributed by atoms with Gasteiger partial charge in [-0.05, 0) is 37.3 Å². The molecule has 0 amide bonds. The number of ether oxygens (including phenoxy) is 1. The average Bonchev–Trinajstić information content (AvgIpc) is 3.20. The first-order chi connectivity index (χ1) is 11.2. The van der Waals surface area contributed by atoms with Crippen LogP contribution in [-0.2, 0) is 11.2 Å². The van der Waals surface area contributed by atoms with Crippen molar-refractivity contribution < 1.29 is 4.74 Å². The number of rotatable bonds is 4. The summed E-state index contributed by atoms with van der Waals surface area (Å²) in [5.41, 5.74) is 1.59. The molecule has 126 valence electrons. The van der Waals surface area contributed by atoms with Crippen LogP contribution in [-0.4, -0.2) is 50.8 Å². The molecule has 5 heteroatoms. The highest BCUT2D eigenvalue weighted by Gasteiger charge is 2.42. The predicted octanol–water partition coefficient (Wildman–Crippen LogP) is 2.96. The van der Waals surface area contributed by atoms with Gasteiger partial charge in [0, 0.05) is 43.7 Å². The first kappa shape index (κ1) is 16.6. The monoisotopic (exact) mass is 335 g/mol. The van der Waals surface area contributed by atoms with Crippen LogP contribution in [0, 0.1) is 5.41 Å². The van der Waals surface area contributed by atoms with Crippen molar-refractivity contribution in [1.29, 1.82) is 0 Å². The number of hydrogen-bond donors (Lipinski definition) is 1. The largest absolute Gasteiger partial charge is 0.381 e. The van der Waals surface area contributed by atoms with Gasteiger partial charge in [0.05, 0.1) is 6.61 Å². The standard InChI is InChI=1S/C18H26ClN3O/c1-20-17(22-11-8-18(13-22)9-12-23-14-18)21-10-4-6-15-5-2-3-7-16(15)19/h2-3,5,7H,4,6,8-14H2,1H3,(H,20,21). The van der Waals surface area contributed by atoms with Gasteiger partial charge >= 0.3 is 0 Å². The normalized spacial score (nSPS) is 24.6. The van der Waals surface area contributed by atoms with Crippen LogP contribution in [0.15, 0.2) is 29.3 Å². The molecule has 1 aromatic carbocycles. The lowest BCUT2D eigenvalue weighted by Crippen LogP contribution is -2.41. The topological polar surface area (TPSA) is 36.9 Å². The van der Waals surface area contributed by atoms with Crippen molar-refractivity contribution >= 4 is 17.6 Å². The van der Waals surface area contributed by atoms with Gasteiger partial charge in [-0.3, -0.25) is 4.99 Å². The maximum atomic E-state index is 6.20. The third-order valence-electron chi connectivity index (χ3n) is 5.00. The fraction of sp³-hybridized carbons (Fsp3) is 0.611. The quantitative estimate of drug-likeness (QED) is 0.522. The summed E-state index contributed by atoms with van der Waals surface area (Å²) in [6, 6.07) is 8.07. The van der Waals surface area contributed by atoms with Crippen LogP contribution in [0.25, 0.3) is 0 Å². The molecule has 2 fully saturated rings. The molecule has 2 saturated heterocycles. The van der Waals surface area contributed by atoms with E-state index in [0.29, 0.717) is 5.41 Å². The van der Waals surface area contributed by atoms with Gasteiger partial charge in [-0.1, -0.05) is 29.8 Å². The third-order valence-corrected chi connectivity index (χ3v) is 5.37. The molecule has 1 unspecified atom stereocenters. The second-order valence-corrected chi connectivity index (χ2v) is 7.05. The summed E-state index contributed by atoms with van der Waals surface area (Å²) in [5.74, 6) is 1.02. The Balaban J connectivity index is 1.44. The summed E-state index contributed by atoms with van der Waals surface area (Å²) in [6.45, 7) is 4.88. The minimum absolute atomic E-state index is 0.370. The van der Waals surface area contributed by atoms with E-state index >= 15 is 0 Å². The summed E-state index contributed by atoms with van der Waals surface area (Å²) < 4.78 is 5.60. The van der Waals surface area contributed by atoms with Crippen LogP contribution >= 0.6 is 11.6 Å². The molecular weight excluding hydrogens is 310 g/mol. The van der Waals surface area contributed by atoms with E-state index in [-0.39, 0.29) is 0 Å². The van der Waals surface area contributed by atoms with Gasteiger partial charge in [-0.2, -0.15) is 0 Å². The van der Waals surface area contributed by atoms with E-state index in [1.54, 1.807) is 0 Å². The zero-order chi connectivity index (χ0) is 16.1. The molecule has 2 aliphatic heterocycles. The predicted molar refractivity (Wildman–Crippen MR) is 95.2 cm³/mol. The van der Waals surface area contributed by atoms with Gasteiger partial charge in [0.15, 0.2) is 5.96 Å². The molecule has 0 bridgehead atoms. The lowest BCUT2D eigenvalue weighted by atomic mass is 9.87. The molecule has 1 spiro atoms. The Morgan fingerprint density at radius 1 is 1.39 bits per heavy atom. The number of aryl methyl sites for hydroxylation is 1. The molecule has 23 heavy (non-hydrogen) atoms. The van der Waals surface area contributed by atoms with Gasteiger partial charge in [0.2, 0.25) is 0 Å². The molecule has 1 N–H and O–H groups in total. The number of nitrogens with one attached hydrogen (secondary N) is 1. The number of guanidine groups is 1. The van der Waals surface area contributed by atoms with E-state index in [2.05, 4.69) is 21.3 Å². The maximum Gasteiger partial charge on any atom is 0.193 e. The maximum absolute atomic E-state index is 6.20. The molecular formula is C18H26ClN3O. The van der Waals surface area contributed by atoms with Crippen LogP contribution in [0.2, 0.25) is 5.02 Å². The zero-order valence-electron chi connectivity index (χ0n) is 13.9.